The van der Waals surface area contributed by atoms with Crippen LogP contribution in [-0.2, 0) is 14.3 Å². The quantitative estimate of drug-likeness (QED) is 0.626. The Bertz CT molecular complexity index is 417. The number of hydrogen-bond acceptors (Lipinski definition) is 5. The molecule has 0 aromatic heterocycles. The van der Waals surface area contributed by atoms with E-state index in [9.17, 15) is 14.4 Å². The molecule has 0 aromatic rings. The first-order chi connectivity index (χ1) is 9.51. The van der Waals surface area contributed by atoms with Crippen molar-refractivity contribution in [3.63, 3.8) is 0 Å². The van der Waals surface area contributed by atoms with Gasteiger partial charge in [-0.1, -0.05) is 0 Å². The van der Waals surface area contributed by atoms with Crippen LogP contribution in [0.25, 0.3) is 0 Å². The van der Waals surface area contributed by atoms with Crippen molar-refractivity contribution in [2.75, 3.05) is 12.0 Å². The first kappa shape index (κ1) is 15.0. The second-order valence-electron chi connectivity index (χ2n) is 5.05. The van der Waals surface area contributed by atoms with Gasteiger partial charge in [0.1, 0.15) is 12.1 Å². The summed E-state index contributed by atoms with van der Waals surface area (Å²) < 4.78 is 5.17. The highest BCUT2D eigenvalue weighted by Crippen LogP contribution is 2.34. The van der Waals surface area contributed by atoms with Crippen molar-refractivity contribution < 1.29 is 24.2 Å². The van der Waals surface area contributed by atoms with E-state index < -0.39 is 12.1 Å². The molecule has 2 rings (SSSR count). The van der Waals surface area contributed by atoms with Crippen molar-refractivity contribution in [1.29, 1.82) is 0 Å². The van der Waals surface area contributed by atoms with E-state index in [1.807, 2.05) is 0 Å². The number of amides is 2. The van der Waals surface area contributed by atoms with Crippen LogP contribution in [0.3, 0.4) is 0 Å². The first-order valence-corrected chi connectivity index (χ1v) is 7.90. The Morgan fingerprint density at radius 2 is 2.25 bits per heavy atom. The Morgan fingerprint density at radius 3 is 2.90 bits per heavy atom. The maximum Gasteiger partial charge on any atom is 0.405 e. The number of esters is 1. The number of hydrogen-bond donors (Lipinski definition) is 3. The fourth-order valence-electron chi connectivity index (χ4n) is 2.71. The highest BCUT2D eigenvalue weighted by atomic mass is 32.2. The topological polar surface area (TPSA) is 105 Å². The monoisotopic (exact) mass is 302 g/mol. The van der Waals surface area contributed by atoms with Gasteiger partial charge in [-0.3, -0.25) is 9.59 Å². The molecule has 0 spiro atoms. The van der Waals surface area contributed by atoms with Gasteiger partial charge >= 0.3 is 12.1 Å². The minimum atomic E-state index is -1.23. The van der Waals surface area contributed by atoms with Gasteiger partial charge in [0.05, 0.1) is 5.92 Å². The molecule has 112 valence electrons. The number of nitrogens with one attached hydrogen (secondary N) is 2. The minimum absolute atomic E-state index is 0.0141. The molecule has 3 N–H and O–H groups in total. The first-order valence-electron chi connectivity index (χ1n) is 6.50. The number of rotatable bonds is 5. The molecule has 8 heteroatoms. The lowest BCUT2D eigenvalue weighted by Crippen LogP contribution is -2.53. The molecule has 2 fully saturated rings. The largest absolute Gasteiger partial charge is 0.465 e. The maximum absolute atomic E-state index is 12.1. The van der Waals surface area contributed by atoms with Crippen LogP contribution in [0.4, 0.5) is 4.79 Å². The predicted molar refractivity (Wildman–Crippen MR) is 72.5 cm³/mol. The van der Waals surface area contributed by atoms with Crippen LogP contribution < -0.4 is 10.6 Å². The third kappa shape index (κ3) is 3.36. The molecule has 0 aromatic carbocycles. The molecule has 1 unspecified atom stereocenters. The van der Waals surface area contributed by atoms with Crippen molar-refractivity contribution in [3.8, 4) is 0 Å². The molecular formula is C12H18N2O5S. The molecule has 2 bridgehead atoms. The van der Waals surface area contributed by atoms with Gasteiger partial charge in [-0.2, -0.15) is 11.8 Å². The van der Waals surface area contributed by atoms with Crippen LogP contribution in [0.1, 0.15) is 19.3 Å². The third-order valence-electron chi connectivity index (χ3n) is 3.66. The summed E-state index contributed by atoms with van der Waals surface area (Å²) in [5.74, 6) is -0.587. The number of carboxylic acid groups (broad SMARTS) is 1. The molecule has 0 radical (unpaired) electrons. The summed E-state index contributed by atoms with van der Waals surface area (Å²) in [4.78, 5) is 34.4. The molecular weight excluding hydrogens is 284 g/mol. The lowest BCUT2D eigenvalue weighted by molar-refractivity contribution is -0.143. The molecule has 1 saturated carbocycles. The van der Waals surface area contributed by atoms with E-state index >= 15 is 0 Å². The number of thioether (sulfide) groups is 1. The zero-order valence-electron chi connectivity index (χ0n) is 11.1. The zero-order chi connectivity index (χ0) is 14.7. The second kappa shape index (κ2) is 6.34. The molecule has 1 aliphatic heterocycles. The molecule has 4 atom stereocenters. The zero-order valence-corrected chi connectivity index (χ0v) is 11.9. The number of fused-ring (bicyclic) bond motifs is 2. The van der Waals surface area contributed by atoms with Crippen molar-refractivity contribution in [2.45, 2.75) is 37.5 Å². The highest BCUT2D eigenvalue weighted by Gasteiger charge is 2.44. The summed E-state index contributed by atoms with van der Waals surface area (Å²) in [6.45, 7) is 0. The van der Waals surface area contributed by atoms with E-state index in [0.29, 0.717) is 18.6 Å². The predicted octanol–water partition coefficient (Wildman–Crippen LogP) is 0.196. The molecule has 2 amide bonds. The smallest absolute Gasteiger partial charge is 0.405 e. The molecule has 2 aliphatic rings. The summed E-state index contributed by atoms with van der Waals surface area (Å²) in [5, 5.41) is 13.7. The molecule has 1 heterocycles. The van der Waals surface area contributed by atoms with Crippen LogP contribution in [0.15, 0.2) is 0 Å². The average Bonchev–Trinajstić information content (AvgIpc) is 2.68. The molecule has 7 nitrogen and oxygen atoms in total. The normalized spacial score (nSPS) is 29.4. The molecule has 20 heavy (non-hydrogen) atoms. The van der Waals surface area contributed by atoms with Gasteiger partial charge in [0, 0.05) is 11.8 Å². The van der Waals surface area contributed by atoms with E-state index in [4.69, 9.17) is 9.84 Å². The number of carbonyl (C=O) groups excluding carboxylic acids is 2. The van der Waals surface area contributed by atoms with Gasteiger partial charge in [-0.25, -0.2) is 4.79 Å². The van der Waals surface area contributed by atoms with Gasteiger partial charge in [0.2, 0.25) is 5.91 Å². The summed E-state index contributed by atoms with van der Waals surface area (Å²) in [7, 11) is 0. The minimum Gasteiger partial charge on any atom is -0.465 e. The van der Waals surface area contributed by atoms with Gasteiger partial charge in [0.15, 0.2) is 0 Å². The maximum atomic E-state index is 12.1. The fraction of sp³-hybridized carbons (Fsp3) is 0.750. The van der Waals surface area contributed by atoms with E-state index in [2.05, 4.69) is 10.6 Å². The Morgan fingerprint density at radius 1 is 1.50 bits per heavy atom. The Balaban J connectivity index is 1.95. The lowest BCUT2D eigenvalue weighted by atomic mass is 9.85. The number of carbonyl (C=O) groups is 3. The van der Waals surface area contributed by atoms with E-state index in [0.717, 1.165) is 6.42 Å². The SMILES string of the molecule is CSC[C@H](NC(=O)O)C(=O)N[C@H]1CCC2C[C@H]1C(=O)O2. The van der Waals surface area contributed by atoms with Gasteiger partial charge in [-0.15, -0.1) is 0 Å². The van der Waals surface area contributed by atoms with Crippen molar-refractivity contribution >= 4 is 29.7 Å². The van der Waals surface area contributed by atoms with Crippen LogP contribution in [-0.4, -0.2) is 53.3 Å². The summed E-state index contributed by atoms with van der Waals surface area (Å²) >= 11 is 1.38. The highest BCUT2D eigenvalue weighted by molar-refractivity contribution is 7.98. The molecule has 1 saturated heterocycles. The van der Waals surface area contributed by atoms with Crippen molar-refractivity contribution in [2.24, 2.45) is 5.92 Å². The van der Waals surface area contributed by atoms with Gasteiger partial charge in [-0.05, 0) is 25.5 Å². The van der Waals surface area contributed by atoms with Crippen LogP contribution in [0.2, 0.25) is 0 Å². The average molecular weight is 302 g/mol. The van der Waals surface area contributed by atoms with Crippen LogP contribution >= 0.6 is 11.8 Å². The van der Waals surface area contributed by atoms with Gasteiger partial charge < -0.3 is 20.5 Å². The third-order valence-corrected chi connectivity index (χ3v) is 4.33. The van der Waals surface area contributed by atoms with Crippen molar-refractivity contribution in [1.82, 2.24) is 10.6 Å². The Labute approximate surface area is 120 Å². The van der Waals surface area contributed by atoms with E-state index in [-0.39, 0.29) is 29.9 Å². The Kier molecular flexibility index (Phi) is 4.74. The van der Waals surface area contributed by atoms with E-state index in [1.165, 1.54) is 11.8 Å². The van der Waals surface area contributed by atoms with Gasteiger partial charge in [0.25, 0.3) is 0 Å². The summed E-state index contributed by atoms with van der Waals surface area (Å²) in [6.07, 6.45) is 2.62. The Hall–Kier alpha value is -1.44. The van der Waals surface area contributed by atoms with Crippen molar-refractivity contribution in [3.05, 3.63) is 0 Å². The second-order valence-corrected chi connectivity index (χ2v) is 5.96. The van der Waals surface area contributed by atoms with Crippen LogP contribution in [0.5, 0.6) is 0 Å². The van der Waals surface area contributed by atoms with Crippen LogP contribution in [0, 0.1) is 5.92 Å². The van der Waals surface area contributed by atoms with E-state index in [1.54, 1.807) is 6.26 Å². The lowest BCUT2D eigenvalue weighted by Gasteiger charge is -2.27. The fourth-order valence-corrected chi connectivity index (χ4v) is 3.27. The summed E-state index contributed by atoms with van der Waals surface area (Å²) in [5.41, 5.74) is 0. The summed E-state index contributed by atoms with van der Waals surface area (Å²) in [6, 6.07) is -1.06. The standard InChI is InChI=1S/C12H18N2O5S/c1-20-5-9(14-12(17)18)10(15)13-8-3-2-6-4-7(8)11(16)19-6/h6-9,14H,2-5H2,1H3,(H,13,15)(H,17,18)/t6?,7-,8+,9+/m1/s1. The molecule has 1 aliphatic carbocycles. The number of ether oxygens (including phenoxy) is 1.